The molecule has 4 aromatic rings. The van der Waals surface area contributed by atoms with E-state index in [-0.39, 0.29) is 11.2 Å². The molecule has 0 amide bonds. The van der Waals surface area contributed by atoms with Crippen molar-refractivity contribution >= 4 is 28.9 Å². The number of nitro groups is 1. The number of allylic oxidation sites excluding steroid dienone is 2. The van der Waals surface area contributed by atoms with Gasteiger partial charge in [-0.05, 0) is 43.7 Å². The zero-order valence-electron chi connectivity index (χ0n) is 21.0. The maximum Gasteiger partial charge on any atom is 0.297 e. The number of rotatable bonds is 6. The van der Waals surface area contributed by atoms with E-state index in [1.54, 1.807) is 20.1 Å². The van der Waals surface area contributed by atoms with Crippen LogP contribution in [-0.4, -0.2) is 25.2 Å². The summed E-state index contributed by atoms with van der Waals surface area (Å²) in [5.74, 6) is 1.42. The van der Waals surface area contributed by atoms with Gasteiger partial charge < -0.3 is 0 Å². The van der Waals surface area contributed by atoms with Gasteiger partial charge in [0.15, 0.2) is 5.69 Å². The van der Waals surface area contributed by atoms with Crippen LogP contribution in [0.25, 0.3) is 16.9 Å². The topological polar surface area (TPSA) is 99.7 Å². The number of non-ortho nitro benzene ring substituents is 1. The second-order valence-electron chi connectivity index (χ2n) is 9.75. The SMILES string of the molecule is Cc1c(N=c2scc(-c3cccc([N+](=O)[O-])c3)n2N=CC2CC3C=CC2C3)c(=O)n(-c2ccccc2)n1C. The third kappa shape index (κ3) is 4.16. The van der Waals surface area contributed by atoms with E-state index in [1.165, 1.54) is 23.5 Å². The van der Waals surface area contributed by atoms with Gasteiger partial charge in [0.25, 0.3) is 11.2 Å². The Morgan fingerprint density at radius 2 is 1.92 bits per heavy atom. The Bertz CT molecular complexity index is 1720. The molecule has 38 heavy (non-hydrogen) atoms. The van der Waals surface area contributed by atoms with Crippen LogP contribution in [-0.2, 0) is 7.05 Å². The Balaban J connectivity index is 1.50. The van der Waals surface area contributed by atoms with Crippen molar-refractivity contribution in [3.05, 3.63) is 103 Å². The number of para-hydroxylation sites is 1. The van der Waals surface area contributed by atoms with Crippen LogP contribution in [0.15, 0.2) is 87.0 Å². The summed E-state index contributed by atoms with van der Waals surface area (Å²) in [6.07, 6.45) is 8.75. The average Bonchev–Trinajstić information content (AvgIpc) is 3.70. The van der Waals surface area contributed by atoms with E-state index in [9.17, 15) is 14.9 Å². The lowest BCUT2D eigenvalue weighted by molar-refractivity contribution is -0.384. The van der Waals surface area contributed by atoms with Gasteiger partial charge in [-0.15, -0.1) is 11.3 Å². The van der Waals surface area contributed by atoms with Gasteiger partial charge in [-0.2, -0.15) is 5.10 Å². The fourth-order valence-electron chi connectivity index (χ4n) is 5.39. The molecule has 0 N–H and O–H groups in total. The summed E-state index contributed by atoms with van der Waals surface area (Å²) >= 11 is 1.35. The predicted molar refractivity (Wildman–Crippen MR) is 148 cm³/mol. The second-order valence-corrected chi connectivity index (χ2v) is 10.6. The Labute approximate surface area is 222 Å². The first kappa shape index (κ1) is 24.1. The smallest absolute Gasteiger partial charge is 0.283 e. The Kier molecular flexibility index (Phi) is 6.03. The number of nitrogens with zero attached hydrogens (tertiary/aromatic N) is 6. The molecule has 192 valence electrons. The van der Waals surface area contributed by atoms with Gasteiger partial charge in [-0.25, -0.2) is 14.4 Å². The molecule has 10 heteroatoms. The normalized spacial score (nSPS) is 20.7. The first-order valence-electron chi connectivity index (χ1n) is 12.5. The third-order valence-electron chi connectivity index (χ3n) is 7.47. The molecule has 2 aromatic carbocycles. The maximum atomic E-state index is 13.5. The predicted octanol–water partition coefficient (Wildman–Crippen LogP) is 5.20. The highest BCUT2D eigenvalue weighted by atomic mass is 32.1. The molecule has 0 aliphatic heterocycles. The Morgan fingerprint density at radius 1 is 1.11 bits per heavy atom. The zero-order valence-corrected chi connectivity index (χ0v) is 21.8. The number of hydrogen-bond donors (Lipinski definition) is 0. The number of aromatic nitrogens is 3. The molecule has 0 saturated heterocycles. The summed E-state index contributed by atoms with van der Waals surface area (Å²) in [6.45, 7) is 1.87. The minimum atomic E-state index is -0.407. The molecule has 2 aromatic heterocycles. The molecule has 1 saturated carbocycles. The summed E-state index contributed by atoms with van der Waals surface area (Å²) in [7, 11) is 1.83. The standard InChI is InChI=1S/C28H26N6O3S/c1-18-26(27(35)33(31(18)2)23-8-4-3-5-9-23)30-28-32(29-16-22-14-19-11-12-20(22)13-19)25(17-38-28)21-7-6-10-24(15-21)34(36)37/h3-12,15-17,19-20,22H,13-14H2,1-2H3. The monoisotopic (exact) mass is 526 g/mol. The van der Waals surface area contributed by atoms with Crippen molar-refractivity contribution in [2.75, 3.05) is 0 Å². The lowest BCUT2D eigenvalue weighted by Crippen LogP contribution is -2.20. The van der Waals surface area contributed by atoms with Gasteiger partial charge in [0.1, 0.15) is 0 Å². The minimum Gasteiger partial charge on any atom is -0.283 e. The van der Waals surface area contributed by atoms with E-state index in [0.717, 1.165) is 24.2 Å². The van der Waals surface area contributed by atoms with Crippen molar-refractivity contribution in [2.24, 2.45) is 34.9 Å². The second kappa shape index (κ2) is 9.53. The van der Waals surface area contributed by atoms with E-state index in [4.69, 9.17) is 10.1 Å². The van der Waals surface area contributed by atoms with Gasteiger partial charge in [0.05, 0.1) is 22.0 Å². The number of benzene rings is 2. The molecule has 2 bridgehead atoms. The van der Waals surface area contributed by atoms with Crippen LogP contribution in [0.5, 0.6) is 0 Å². The fraction of sp³-hybridized carbons (Fsp3) is 0.250. The van der Waals surface area contributed by atoms with E-state index in [0.29, 0.717) is 39.5 Å². The highest BCUT2D eigenvalue weighted by molar-refractivity contribution is 7.07. The van der Waals surface area contributed by atoms with Gasteiger partial charge in [-0.3, -0.25) is 19.6 Å². The van der Waals surface area contributed by atoms with Gasteiger partial charge in [0, 0.05) is 42.3 Å². The van der Waals surface area contributed by atoms with Crippen LogP contribution in [0.3, 0.4) is 0 Å². The van der Waals surface area contributed by atoms with Crippen molar-refractivity contribution < 1.29 is 4.92 Å². The Morgan fingerprint density at radius 3 is 2.63 bits per heavy atom. The minimum absolute atomic E-state index is 0.00519. The summed E-state index contributed by atoms with van der Waals surface area (Å²) < 4.78 is 5.09. The third-order valence-corrected chi connectivity index (χ3v) is 8.29. The molecule has 2 aliphatic carbocycles. The molecule has 1 fully saturated rings. The average molecular weight is 527 g/mol. The first-order chi connectivity index (χ1) is 18.4. The molecule has 2 heterocycles. The molecular weight excluding hydrogens is 500 g/mol. The Hall–Kier alpha value is -4.31. The van der Waals surface area contributed by atoms with Gasteiger partial charge in [0.2, 0.25) is 4.80 Å². The largest absolute Gasteiger partial charge is 0.297 e. The van der Waals surface area contributed by atoms with E-state index in [1.807, 2.05) is 62.0 Å². The highest BCUT2D eigenvalue weighted by Gasteiger charge is 2.34. The van der Waals surface area contributed by atoms with E-state index in [2.05, 4.69) is 12.2 Å². The molecule has 3 atom stereocenters. The molecule has 9 nitrogen and oxygen atoms in total. The number of fused-ring (bicyclic) bond motifs is 2. The molecular formula is C28H26N6O3S. The summed E-state index contributed by atoms with van der Waals surface area (Å²) in [4.78, 5) is 29.8. The van der Waals surface area contributed by atoms with Crippen molar-refractivity contribution in [1.29, 1.82) is 0 Å². The summed E-state index contributed by atoms with van der Waals surface area (Å²) in [5, 5.41) is 18.2. The van der Waals surface area contributed by atoms with E-state index >= 15 is 0 Å². The lowest BCUT2D eigenvalue weighted by atomic mass is 9.95. The molecule has 6 rings (SSSR count). The summed E-state index contributed by atoms with van der Waals surface area (Å²) in [6, 6.07) is 15.9. The number of thiazole rings is 1. The summed E-state index contributed by atoms with van der Waals surface area (Å²) in [5.41, 5.74) is 2.93. The zero-order chi connectivity index (χ0) is 26.4. The van der Waals surface area contributed by atoms with Gasteiger partial charge >= 0.3 is 0 Å². The van der Waals surface area contributed by atoms with Crippen LogP contribution in [0.2, 0.25) is 0 Å². The molecule has 0 spiro atoms. The van der Waals surface area contributed by atoms with Crippen molar-refractivity contribution in [3.63, 3.8) is 0 Å². The van der Waals surface area contributed by atoms with Crippen LogP contribution in [0.1, 0.15) is 18.5 Å². The first-order valence-corrected chi connectivity index (χ1v) is 13.4. The molecule has 2 aliphatic rings. The quantitative estimate of drug-likeness (QED) is 0.149. The number of nitro benzene ring substituents is 1. The van der Waals surface area contributed by atoms with Crippen LogP contribution < -0.4 is 10.4 Å². The molecule has 3 unspecified atom stereocenters. The molecule has 0 radical (unpaired) electrons. The lowest BCUT2D eigenvalue weighted by Gasteiger charge is -2.12. The maximum absolute atomic E-state index is 13.5. The van der Waals surface area contributed by atoms with Crippen LogP contribution in [0, 0.1) is 34.8 Å². The van der Waals surface area contributed by atoms with Crippen LogP contribution >= 0.6 is 11.3 Å². The van der Waals surface area contributed by atoms with Gasteiger partial charge in [-0.1, -0.05) is 42.5 Å². The number of hydrogen-bond acceptors (Lipinski definition) is 6. The fourth-order valence-corrected chi connectivity index (χ4v) is 6.23. The highest BCUT2D eigenvalue weighted by Crippen LogP contribution is 2.42. The van der Waals surface area contributed by atoms with Crippen molar-refractivity contribution in [2.45, 2.75) is 19.8 Å². The van der Waals surface area contributed by atoms with Crippen LogP contribution in [0.4, 0.5) is 11.4 Å². The van der Waals surface area contributed by atoms with E-state index < -0.39 is 4.92 Å². The van der Waals surface area contributed by atoms with Crippen molar-refractivity contribution in [3.8, 4) is 16.9 Å². The van der Waals surface area contributed by atoms with Crippen molar-refractivity contribution in [1.82, 2.24) is 14.0 Å².